The number of rotatable bonds is 4. The molecule has 0 saturated carbocycles. The molecule has 0 fully saturated rings. The number of hydrogen-bond donors (Lipinski definition) is 0. The summed E-state index contributed by atoms with van der Waals surface area (Å²) >= 11 is 0. The summed E-state index contributed by atoms with van der Waals surface area (Å²) in [6, 6.07) is 12.7. The van der Waals surface area contributed by atoms with Crippen LogP contribution in [0.15, 0.2) is 42.5 Å². The van der Waals surface area contributed by atoms with Crippen LogP contribution in [0.4, 0.5) is 0 Å². The zero-order chi connectivity index (χ0) is 15.4. The summed E-state index contributed by atoms with van der Waals surface area (Å²) in [5.41, 5.74) is 4.02. The molecule has 0 aliphatic carbocycles. The lowest BCUT2D eigenvalue weighted by atomic mass is 10.0. The van der Waals surface area contributed by atoms with Gasteiger partial charge in [0, 0.05) is 5.56 Å². The normalized spacial score (nSPS) is 10.2. The zero-order valence-corrected chi connectivity index (χ0v) is 12.5. The summed E-state index contributed by atoms with van der Waals surface area (Å²) in [6.45, 7) is 5.50. The Morgan fingerprint density at radius 2 is 1.52 bits per heavy atom. The Kier molecular flexibility index (Phi) is 4.53. The number of ether oxygens (including phenoxy) is 1. The standard InChI is InChI=1S/C18H18O3/c1-12-5-8-15(9-6-12)18(20)21-11-17(19)16-10-13(2)4-7-14(16)3/h4-10H,11H2,1-3H3. The molecular formula is C18H18O3. The summed E-state index contributed by atoms with van der Waals surface area (Å²) in [5, 5.41) is 0. The second-order valence-corrected chi connectivity index (χ2v) is 5.18. The van der Waals surface area contributed by atoms with Crippen molar-refractivity contribution < 1.29 is 14.3 Å². The van der Waals surface area contributed by atoms with E-state index in [2.05, 4.69) is 0 Å². The second-order valence-electron chi connectivity index (χ2n) is 5.18. The lowest BCUT2D eigenvalue weighted by Gasteiger charge is -2.07. The third-order valence-electron chi connectivity index (χ3n) is 3.32. The van der Waals surface area contributed by atoms with Crippen LogP contribution in [0.25, 0.3) is 0 Å². The van der Waals surface area contributed by atoms with Crippen LogP contribution in [-0.2, 0) is 4.74 Å². The molecule has 2 rings (SSSR count). The average Bonchev–Trinajstić information content (AvgIpc) is 2.47. The van der Waals surface area contributed by atoms with Crippen LogP contribution in [0.3, 0.4) is 0 Å². The summed E-state index contributed by atoms with van der Waals surface area (Å²) in [6.07, 6.45) is 0. The molecule has 2 aromatic carbocycles. The predicted octanol–water partition coefficient (Wildman–Crippen LogP) is 3.65. The van der Waals surface area contributed by atoms with E-state index in [-0.39, 0.29) is 12.4 Å². The number of carbonyl (C=O) groups excluding carboxylic acids is 2. The van der Waals surface area contributed by atoms with Crippen LogP contribution < -0.4 is 0 Å². The van der Waals surface area contributed by atoms with Crippen LogP contribution in [0.2, 0.25) is 0 Å². The molecule has 0 unspecified atom stereocenters. The van der Waals surface area contributed by atoms with Gasteiger partial charge in [0.15, 0.2) is 6.61 Å². The Morgan fingerprint density at radius 1 is 0.905 bits per heavy atom. The first-order chi connectivity index (χ1) is 9.97. The Labute approximate surface area is 124 Å². The first-order valence-electron chi connectivity index (χ1n) is 6.81. The van der Waals surface area contributed by atoms with E-state index in [1.54, 1.807) is 12.1 Å². The van der Waals surface area contributed by atoms with Crippen LogP contribution >= 0.6 is 0 Å². The van der Waals surface area contributed by atoms with E-state index in [1.807, 2.05) is 51.1 Å². The molecule has 0 atom stereocenters. The molecule has 0 heterocycles. The molecule has 0 radical (unpaired) electrons. The number of aryl methyl sites for hydroxylation is 3. The molecule has 2 aromatic rings. The molecule has 0 bridgehead atoms. The maximum absolute atomic E-state index is 12.1. The SMILES string of the molecule is Cc1ccc(C(=O)OCC(=O)c2cc(C)ccc2C)cc1. The predicted molar refractivity (Wildman–Crippen MR) is 81.7 cm³/mol. The number of ketones is 1. The average molecular weight is 282 g/mol. The minimum Gasteiger partial charge on any atom is -0.454 e. The minimum atomic E-state index is -0.478. The summed E-state index contributed by atoms with van der Waals surface area (Å²) in [5.74, 6) is -0.662. The van der Waals surface area contributed by atoms with Crippen LogP contribution in [0.5, 0.6) is 0 Å². The molecule has 0 amide bonds. The van der Waals surface area contributed by atoms with Gasteiger partial charge in [0.25, 0.3) is 0 Å². The van der Waals surface area contributed by atoms with Gasteiger partial charge in [-0.05, 0) is 44.5 Å². The highest BCUT2D eigenvalue weighted by Crippen LogP contribution is 2.12. The largest absolute Gasteiger partial charge is 0.454 e. The van der Waals surface area contributed by atoms with E-state index < -0.39 is 5.97 Å². The van der Waals surface area contributed by atoms with Gasteiger partial charge in [-0.15, -0.1) is 0 Å². The van der Waals surface area contributed by atoms with E-state index in [9.17, 15) is 9.59 Å². The van der Waals surface area contributed by atoms with Crippen LogP contribution in [0, 0.1) is 20.8 Å². The highest BCUT2D eigenvalue weighted by molar-refractivity contribution is 6.00. The molecule has 0 aliphatic rings. The van der Waals surface area contributed by atoms with Crippen molar-refractivity contribution in [2.24, 2.45) is 0 Å². The Balaban J connectivity index is 2.02. The Bertz CT molecular complexity index is 669. The van der Waals surface area contributed by atoms with E-state index in [4.69, 9.17) is 4.74 Å². The van der Waals surface area contributed by atoms with Crippen molar-refractivity contribution in [2.75, 3.05) is 6.61 Å². The number of carbonyl (C=O) groups is 2. The topological polar surface area (TPSA) is 43.4 Å². The van der Waals surface area contributed by atoms with Crippen molar-refractivity contribution in [3.8, 4) is 0 Å². The first kappa shape index (κ1) is 15.0. The van der Waals surface area contributed by atoms with Gasteiger partial charge >= 0.3 is 5.97 Å². The maximum Gasteiger partial charge on any atom is 0.338 e. The first-order valence-corrected chi connectivity index (χ1v) is 6.81. The fraction of sp³-hybridized carbons (Fsp3) is 0.222. The van der Waals surface area contributed by atoms with Crippen molar-refractivity contribution in [1.82, 2.24) is 0 Å². The molecule has 0 aromatic heterocycles. The van der Waals surface area contributed by atoms with Gasteiger partial charge in [-0.1, -0.05) is 35.4 Å². The van der Waals surface area contributed by atoms with Gasteiger partial charge < -0.3 is 4.74 Å². The quantitative estimate of drug-likeness (QED) is 0.635. The lowest BCUT2D eigenvalue weighted by Crippen LogP contribution is -2.15. The summed E-state index contributed by atoms with van der Waals surface area (Å²) < 4.78 is 5.09. The number of benzene rings is 2. The van der Waals surface area contributed by atoms with Crippen LogP contribution in [-0.4, -0.2) is 18.4 Å². The van der Waals surface area contributed by atoms with E-state index in [0.717, 1.165) is 16.7 Å². The third-order valence-corrected chi connectivity index (χ3v) is 3.32. The Hall–Kier alpha value is -2.42. The minimum absolute atomic E-state index is 0.184. The van der Waals surface area contributed by atoms with Gasteiger partial charge in [-0.2, -0.15) is 0 Å². The van der Waals surface area contributed by atoms with E-state index in [1.165, 1.54) is 0 Å². The molecule has 108 valence electrons. The molecule has 0 saturated heterocycles. The molecule has 0 aliphatic heterocycles. The van der Waals surface area contributed by atoms with E-state index >= 15 is 0 Å². The van der Waals surface area contributed by atoms with Crippen molar-refractivity contribution >= 4 is 11.8 Å². The fourth-order valence-corrected chi connectivity index (χ4v) is 2.02. The highest BCUT2D eigenvalue weighted by atomic mass is 16.5. The van der Waals surface area contributed by atoms with Gasteiger partial charge in [-0.3, -0.25) is 4.79 Å². The summed E-state index contributed by atoms with van der Waals surface area (Å²) in [4.78, 5) is 24.0. The monoisotopic (exact) mass is 282 g/mol. The Morgan fingerprint density at radius 3 is 2.19 bits per heavy atom. The van der Waals surface area contributed by atoms with Crippen LogP contribution in [0.1, 0.15) is 37.4 Å². The van der Waals surface area contributed by atoms with Gasteiger partial charge in [0.1, 0.15) is 0 Å². The van der Waals surface area contributed by atoms with Crippen molar-refractivity contribution in [1.29, 1.82) is 0 Å². The zero-order valence-electron chi connectivity index (χ0n) is 12.5. The van der Waals surface area contributed by atoms with E-state index in [0.29, 0.717) is 11.1 Å². The van der Waals surface area contributed by atoms with Crippen molar-refractivity contribution in [2.45, 2.75) is 20.8 Å². The highest BCUT2D eigenvalue weighted by Gasteiger charge is 2.13. The molecule has 3 heteroatoms. The maximum atomic E-state index is 12.1. The van der Waals surface area contributed by atoms with Gasteiger partial charge in [-0.25, -0.2) is 4.79 Å². The number of hydrogen-bond acceptors (Lipinski definition) is 3. The molecule has 0 spiro atoms. The molecular weight excluding hydrogens is 264 g/mol. The molecule has 0 N–H and O–H groups in total. The summed E-state index contributed by atoms with van der Waals surface area (Å²) in [7, 11) is 0. The second kappa shape index (κ2) is 6.35. The van der Waals surface area contributed by atoms with Crippen molar-refractivity contribution in [3.63, 3.8) is 0 Å². The van der Waals surface area contributed by atoms with Gasteiger partial charge in [0.05, 0.1) is 5.56 Å². The smallest absolute Gasteiger partial charge is 0.338 e. The lowest BCUT2D eigenvalue weighted by molar-refractivity contribution is 0.0474. The number of esters is 1. The molecule has 21 heavy (non-hydrogen) atoms. The van der Waals surface area contributed by atoms with Gasteiger partial charge in [0.2, 0.25) is 5.78 Å². The third kappa shape index (κ3) is 3.78. The number of Topliss-reactive ketones (excluding diaryl/α,β-unsaturated/α-hetero) is 1. The fourth-order valence-electron chi connectivity index (χ4n) is 2.02. The molecule has 3 nitrogen and oxygen atoms in total. The van der Waals surface area contributed by atoms with Crippen molar-refractivity contribution in [3.05, 3.63) is 70.3 Å².